The Kier molecular flexibility index (Phi) is 6.46. The van der Waals surface area contributed by atoms with Crippen molar-refractivity contribution >= 4 is 46.3 Å². The third-order valence-corrected chi connectivity index (χ3v) is 6.03. The number of imide groups is 1. The number of nitrogens with one attached hydrogen (secondary N) is 1. The molecule has 1 aliphatic rings. The molecule has 4 rings (SSSR count). The topological polar surface area (TPSA) is 130 Å². The van der Waals surface area contributed by atoms with E-state index in [0.29, 0.717) is 5.69 Å². The van der Waals surface area contributed by atoms with Crippen molar-refractivity contribution < 1.29 is 24.1 Å². The van der Waals surface area contributed by atoms with E-state index < -0.39 is 34.6 Å². The monoisotopic (exact) mass is 478 g/mol. The van der Waals surface area contributed by atoms with E-state index in [1.165, 1.54) is 23.5 Å². The summed E-state index contributed by atoms with van der Waals surface area (Å²) in [7, 11) is 0. The predicted octanol–water partition coefficient (Wildman–Crippen LogP) is 2.70. The first-order valence-electron chi connectivity index (χ1n) is 10.2. The standard InChI is InChI=1S/C23H18N4O6S/c28-20(13-18-7-4-12-34-18)24-26(22(30)15-8-10-17(11-9-15)27(32)33)19-14-21(29)25(23(19)31)16-5-2-1-3-6-16/h1-12,19H,13-14H2,(H,24,28). The van der Waals surface area contributed by atoms with Crippen molar-refractivity contribution in [2.24, 2.45) is 0 Å². The number of carbonyl (C=O) groups is 4. The molecule has 1 N–H and O–H groups in total. The van der Waals surface area contributed by atoms with E-state index in [1.807, 2.05) is 0 Å². The van der Waals surface area contributed by atoms with Crippen LogP contribution in [0.15, 0.2) is 72.1 Å². The summed E-state index contributed by atoms with van der Waals surface area (Å²) in [6.45, 7) is 0. The van der Waals surface area contributed by atoms with Gasteiger partial charge in [0.05, 0.1) is 23.5 Å². The molecule has 172 valence electrons. The van der Waals surface area contributed by atoms with Gasteiger partial charge in [-0.2, -0.15) is 0 Å². The van der Waals surface area contributed by atoms with Gasteiger partial charge in [-0.25, -0.2) is 9.91 Å². The molecule has 1 aromatic heterocycles. The van der Waals surface area contributed by atoms with Gasteiger partial charge in [0.1, 0.15) is 6.04 Å². The van der Waals surface area contributed by atoms with Gasteiger partial charge in [0.15, 0.2) is 0 Å². The maximum absolute atomic E-state index is 13.3. The molecule has 0 spiro atoms. The highest BCUT2D eigenvalue weighted by Crippen LogP contribution is 2.26. The average molecular weight is 478 g/mol. The third kappa shape index (κ3) is 4.69. The van der Waals surface area contributed by atoms with Crippen molar-refractivity contribution in [2.45, 2.75) is 18.9 Å². The summed E-state index contributed by atoms with van der Waals surface area (Å²) in [5, 5.41) is 13.6. The zero-order valence-corrected chi connectivity index (χ0v) is 18.4. The summed E-state index contributed by atoms with van der Waals surface area (Å²) in [6.07, 6.45) is -0.356. The predicted molar refractivity (Wildman–Crippen MR) is 123 cm³/mol. The van der Waals surface area contributed by atoms with Crippen LogP contribution in [0.3, 0.4) is 0 Å². The highest BCUT2D eigenvalue weighted by Gasteiger charge is 2.45. The molecule has 2 heterocycles. The van der Waals surface area contributed by atoms with Crippen LogP contribution in [0, 0.1) is 10.1 Å². The van der Waals surface area contributed by atoms with Crippen LogP contribution in [0.25, 0.3) is 0 Å². The van der Waals surface area contributed by atoms with E-state index in [1.54, 1.807) is 47.8 Å². The first-order chi connectivity index (χ1) is 16.3. The summed E-state index contributed by atoms with van der Waals surface area (Å²) in [5.41, 5.74) is 2.63. The number of benzene rings is 2. The zero-order chi connectivity index (χ0) is 24.2. The second-order valence-electron chi connectivity index (χ2n) is 7.39. The molecule has 0 aliphatic carbocycles. The van der Waals surface area contributed by atoms with Crippen LogP contribution in [0.1, 0.15) is 21.7 Å². The number of nitrogens with zero attached hydrogens (tertiary/aromatic N) is 3. The van der Waals surface area contributed by atoms with Crippen LogP contribution in [0.5, 0.6) is 0 Å². The fraction of sp³-hybridized carbons (Fsp3) is 0.130. The Morgan fingerprint density at radius 3 is 2.38 bits per heavy atom. The Balaban J connectivity index is 1.63. The summed E-state index contributed by atoms with van der Waals surface area (Å²) in [4.78, 5) is 64.0. The van der Waals surface area contributed by atoms with Gasteiger partial charge in [-0.05, 0) is 35.7 Å². The van der Waals surface area contributed by atoms with Gasteiger partial charge in [0, 0.05) is 22.6 Å². The van der Waals surface area contributed by atoms with Crippen LogP contribution in [-0.2, 0) is 20.8 Å². The maximum Gasteiger partial charge on any atom is 0.273 e. The normalized spacial score (nSPS) is 15.3. The summed E-state index contributed by atoms with van der Waals surface area (Å²) in [5.74, 6) is -2.50. The SMILES string of the molecule is O=C(Cc1cccs1)NN(C(=O)c1ccc([N+](=O)[O-])cc1)C1CC(=O)N(c2ccccc2)C1=O. The number of nitro groups is 1. The molecule has 1 saturated heterocycles. The molecule has 10 nitrogen and oxygen atoms in total. The Morgan fingerprint density at radius 2 is 1.76 bits per heavy atom. The summed E-state index contributed by atoms with van der Waals surface area (Å²) in [6, 6.07) is 15.3. The number of carbonyl (C=O) groups excluding carboxylic acids is 4. The molecule has 2 aromatic carbocycles. The molecule has 0 bridgehead atoms. The van der Waals surface area contributed by atoms with Crippen molar-refractivity contribution in [2.75, 3.05) is 4.90 Å². The first kappa shape index (κ1) is 22.8. The molecule has 0 radical (unpaired) electrons. The number of anilines is 1. The van der Waals surface area contributed by atoms with Crippen LogP contribution in [0.2, 0.25) is 0 Å². The maximum atomic E-state index is 13.3. The van der Waals surface area contributed by atoms with E-state index >= 15 is 0 Å². The molecule has 11 heteroatoms. The number of rotatable bonds is 6. The van der Waals surface area contributed by atoms with E-state index in [-0.39, 0.29) is 24.1 Å². The molecular weight excluding hydrogens is 460 g/mol. The van der Waals surface area contributed by atoms with Gasteiger partial charge in [-0.1, -0.05) is 24.3 Å². The fourth-order valence-electron chi connectivity index (χ4n) is 3.55. The molecular formula is C23H18N4O6S. The highest BCUT2D eigenvalue weighted by molar-refractivity contribution is 7.10. The van der Waals surface area contributed by atoms with Gasteiger partial charge < -0.3 is 0 Å². The molecule has 1 fully saturated rings. The van der Waals surface area contributed by atoms with Crippen molar-refractivity contribution in [3.63, 3.8) is 0 Å². The second-order valence-corrected chi connectivity index (χ2v) is 8.43. The smallest absolute Gasteiger partial charge is 0.273 e. The minimum Gasteiger partial charge on any atom is -0.274 e. The number of hydrogen-bond acceptors (Lipinski definition) is 7. The molecule has 1 atom stereocenters. The van der Waals surface area contributed by atoms with Gasteiger partial charge >= 0.3 is 0 Å². The largest absolute Gasteiger partial charge is 0.274 e. The van der Waals surface area contributed by atoms with E-state index in [9.17, 15) is 29.3 Å². The quantitative estimate of drug-likeness (QED) is 0.329. The Hall–Kier alpha value is -4.38. The molecule has 1 aliphatic heterocycles. The average Bonchev–Trinajstić information content (AvgIpc) is 3.44. The zero-order valence-electron chi connectivity index (χ0n) is 17.6. The summed E-state index contributed by atoms with van der Waals surface area (Å²) < 4.78 is 0. The Bertz CT molecular complexity index is 1240. The summed E-state index contributed by atoms with van der Waals surface area (Å²) >= 11 is 1.36. The lowest BCUT2D eigenvalue weighted by Crippen LogP contribution is -2.55. The van der Waals surface area contributed by atoms with Crippen molar-refractivity contribution in [1.82, 2.24) is 10.4 Å². The number of hydrazine groups is 1. The lowest BCUT2D eigenvalue weighted by Gasteiger charge is -2.28. The Morgan fingerprint density at radius 1 is 1.06 bits per heavy atom. The van der Waals surface area contributed by atoms with E-state index in [4.69, 9.17) is 0 Å². The van der Waals surface area contributed by atoms with Crippen molar-refractivity contribution in [3.8, 4) is 0 Å². The van der Waals surface area contributed by atoms with Crippen LogP contribution < -0.4 is 10.3 Å². The van der Waals surface area contributed by atoms with Crippen molar-refractivity contribution in [3.05, 3.63) is 92.7 Å². The number of non-ortho nitro benzene ring substituents is 1. The third-order valence-electron chi connectivity index (χ3n) is 5.15. The van der Waals surface area contributed by atoms with Crippen LogP contribution in [0.4, 0.5) is 11.4 Å². The number of para-hydroxylation sites is 1. The molecule has 3 aromatic rings. The van der Waals surface area contributed by atoms with Gasteiger partial charge in [0.2, 0.25) is 11.8 Å². The minimum atomic E-state index is -1.28. The number of thiophene rings is 1. The molecule has 0 saturated carbocycles. The number of hydrogen-bond donors (Lipinski definition) is 1. The lowest BCUT2D eigenvalue weighted by atomic mass is 10.1. The van der Waals surface area contributed by atoms with Gasteiger partial charge in [-0.3, -0.25) is 34.7 Å². The minimum absolute atomic E-state index is 0.0143. The first-order valence-corrected chi connectivity index (χ1v) is 11.0. The molecule has 4 amide bonds. The lowest BCUT2D eigenvalue weighted by molar-refractivity contribution is -0.384. The molecule has 34 heavy (non-hydrogen) atoms. The van der Waals surface area contributed by atoms with E-state index in [0.717, 1.165) is 26.9 Å². The second kappa shape index (κ2) is 9.63. The van der Waals surface area contributed by atoms with Crippen molar-refractivity contribution in [1.29, 1.82) is 0 Å². The van der Waals surface area contributed by atoms with Crippen LogP contribution in [-0.4, -0.2) is 39.6 Å². The van der Waals surface area contributed by atoms with Gasteiger partial charge in [0.25, 0.3) is 17.5 Å². The van der Waals surface area contributed by atoms with E-state index in [2.05, 4.69) is 5.43 Å². The Labute approximate surface area is 197 Å². The van der Waals surface area contributed by atoms with Crippen LogP contribution >= 0.6 is 11.3 Å². The van der Waals surface area contributed by atoms with Gasteiger partial charge in [-0.15, -0.1) is 11.3 Å². The highest BCUT2D eigenvalue weighted by atomic mass is 32.1. The fourth-order valence-corrected chi connectivity index (χ4v) is 4.25. The number of nitro benzene ring substituents is 1. The number of amides is 4. The molecule has 1 unspecified atom stereocenters.